The number of ether oxygens (including phenoxy) is 1. The molecule has 0 unspecified atom stereocenters. The fraction of sp³-hybridized carbons (Fsp3) is 0.455. The summed E-state index contributed by atoms with van der Waals surface area (Å²) in [5.74, 6) is 0. The summed E-state index contributed by atoms with van der Waals surface area (Å²) in [4.78, 5) is 2.20. The molecular formula is C11H16BNO3S. The normalized spacial score (nSPS) is 21.5. The fourth-order valence-corrected chi connectivity index (χ4v) is 2.33. The summed E-state index contributed by atoms with van der Waals surface area (Å²) < 4.78 is 5.35. The molecule has 0 spiro atoms. The summed E-state index contributed by atoms with van der Waals surface area (Å²) >= 11 is 4.29. The molecule has 0 saturated carbocycles. The van der Waals surface area contributed by atoms with Gasteiger partial charge in [0.15, 0.2) is 0 Å². The molecule has 92 valence electrons. The van der Waals surface area contributed by atoms with Gasteiger partial charge in [0.1, 0.15) is 5.44 Å². The summed E-state index contributed by atoms with van der Waals surface area (Å²) in [6, 6.07) is 7.36. The maximum Gasteiger partial charge on any atom is 0.488 e. The lowest BCUT2D eigenvalue weighted by Crippen LogP contribution is -2.42. The maximum absolute atomic E-state index is 9.28. The number of hydrogen-bond donors (Lipinski definition) is 3. The van der Waals surface area contributed by atoms with Crippen molar-refractivity contribution in [3.8, 4) is 0 Å². The zero-order valence-electron chi connectivity index (χ0n) is 9.49. The zero-order valence-corrected chi connectivity index (χ0v) is 10.4. The minimum absolute atomic E-state index is 0.0602. The van der Waals surface area contributed by atoms with Gasteiger partial charge in [-0.15, -0.1) is 12.6 Å². The summed E-state index contributed by atoms with van der Waals surface area (Å²) in [7, 11) is -1.42. The molecule has 0 aliphatic carbocycles. The van der Waals surface area contributed by atoms with Gasteiger partial charge in [0.05, 0.1) is 6.61 Å². The van der Waals surface area contributed by atoms with E-state index >= 15 is 0 Å². The third-order valence-electron chi connectivity index (χ3n) is 2.86. The molecule has 1 aliphatic rings. The zero-order chi connectivity index (χ0) is 12.3. The first-order valence-electron chi connectivity index (χ1n) is 5.63. The Morgan fingerprint density at radius 3 is 2.88 bits per heavy atom. The van der Waals surface area contributed by atoms with Gasteiger partial charge in [0.25, 0.3) is 0 Å². The molecule has 1 saturated heterocycles. The Morgan fingerprint density at radius 2 is 2.18 bits per heavy atom. The summed E-state index contributed by atoms with van der Waals surface area (Å²) in [6.07, 6.45) is 0. The van der Waals surface area contributed by atoms with Gasteiger partial charge < -0.3 is 14.8 Å². The quantitative estimate of drug-likeness (QED) is 0.500. The van der Waals surface area contributed by atoms with Gasteiger partial charge in [-0.2, -0.15) is 0 Å². The van der Waals surface area contributed by atoms with Crippen molar-refractivity contribution in [3.63, 3.8) is 0 Å². The number of nitrogens with zero attached hydrogens (tertiary/aromatic N) is 1. The Hall–Kier alpha value is -0.525. The van der Waals surface area contributed by atoms with E-state index in [-0.39, 0.29) is 5.44 Å². The van der Waals surface area contributed by atoms with Crippen LogP contribution in [0.4, 0.5) is 0 Å². The van der Waals surface area contributed by atoms with Gasteiger partial charge in [-0.05, 0) is 11.0 Å². The molecule has 17 heavy (non-hydrogen) atoms. The maximum atomic E-state index is 9.28. The van der Waals surface area contributed by atoms with Crippen LogP contribution in [0.15, 0.2) is 24.3 Å². The van der Waals surface area contributed by atoms with Crippen molar-refractivity contribution in [2.45, 2.75) is 12.0 Å². The highest BCUT2D eigenvalue weighted by atomic mass is 32.1. The first kappa shape index (κ1) is 12.9. The lowest BCUT2D eigenvalue weighted by molar-refractivity contribution is 0.0158. The van der Waals surface area contributed by atoms with Crippen molar-refractivity contribution in [3.05, 3.63) is 29.8 Å². The van der Waals surface area contributed by atoms with Gasteiger partial charge in [0.2, 0.25) is 0 Å². The van der Waals surface area contributed by atoms with Crippen LogP contribution in [0.5, 0.6) is 0 Å². The van der Waals surface area contributed by atoms with E-state index in [9.17, 15) is 10.0 Å². The molecule has 4 nitrogen and oxygen atoms in total. The lowest BCUT2D eigenvalue weighted by atomic mass is 9.77. The third kappa shape index (κ3) is 3.47. The van der Waals surface area contributed by atoms with Crippen LogP contribution in [-0.4, -0.2) is 47.2 Å². The molecule has 1 aromatic rings. The van der Waals surface area contributed by atoms with Crippen LogP contribution in [0, 0.1) is 0 Å². The average Bonchev–Trinajstić information content (AvgIpc) is 2.29. The van der Waals surface area contributed by atoms with E-state index in [1.165, 1.54) is 0 Å². The second-order valence-electron chi connectivity index (χ2n) is 4.13. The van der Waals surface area contributed by atoms with Gasteiger partial charge in [-0.25, -0.2) is 0 Å². The Kier molecular flexibility index (Phi) is 4.47. The molecule has 2 rings (SSSR count). The molecule has 1 heterocycles. The van der Waals surface area contributed by atoms with E-state index < -0.39 is 7.12 Å². The van der Waals surface area contributed by atoms with Crippen molar-refractivity contribution in [2.75, 3.05) is 19.7 Å². The molecule has 0 radical (unpaired) electrons. The molecule has 1 atom stereocenters. The molecule has 0 bridgehead atoms. The highest BCUT2D eigenvalue weighted by Gasteiger charge is 2.20. The first-order valence-corrected chi connectivity index (χ1v) is 6.14. The molecule has 0 aromatic heterocycles. The van der Waals surface area contributed by atoms with Crippen molar-refractivity contribution >= 4 is 25.2 Å². The molecule has 1 aromatic carbocycles. The van der Waals surface area contributed by atoms with Crippen molar-refractivity contribution in [2.24, 2.45) is 0 Å². The molecule has 6 heteroatoms. The number of thiol groups is 1. The van der Waals surface area contributed by atoms with E-state index in [2.05, 4.69) is 17.5 Å². The van der Waals surface area contributed by atoms with E-state index in [1.807, 2.05) is 12.1 Å². The van der Waals surface area contributed by atoms with Crippen LogP contribution >= 0.6 is 12.6 Å². The second-order valence-corrected chi connectivity index (χ2v) is 4.71. The highest BCUT2D eigenvalue weighted by molar-refractivity contribution is 7.80. The SMILES string of the molecule is OB(O)c1ccccc1CN1CCO[C@@H](S)C1. The predicted molar refractivity (Wildman–Crippen MR) is 70.3 cm³/mol. The van der Waals surface area contributed by atoms with Crippen LogP contribution in [0.2, 0.25) is 0 Å². The molecule has 2 N–H and O–H groups in total. The first-order chi connectivity index (χ1) is 8.16. The van der Waals surface area contributed by atoms with Crippen LogP contribution < -0.4 is 5.46 Å². The highest BCUT2D eigenvalue weighted by Crippen LogP contribution is 2.11. The minimum Gasteiger partial charge on any atom is -0.423 e. The molecular weight excluding hydrogens is 237 g/mol. The predicted octanol–water partition coefficient (Wildman–Crippen LogP) is -0.546. The lowest BCUT2D eigenvalue weighted by Gasteiger charge is -2.31. The Morgan fingerprint density at radius 1 is 1.41 bits per heavy atom. The van der Waals surface area contributed by atoms with Crippen LogP contribution in [0.3, 0.4) is 0 Å². The number of hydrogen-bond acceptors (Lipinski definition) is 5. The molecule has 1 fully saturated rings. The third-order valence-corrected chi connectivity index (χ3v) is 3.17. The topological polar surface area (TPSA) is 52.9 Å². The molecule has 1 aliphatic heterocycles. The Bertz CT molecular complexity index is 377. The molecule has 0 amide bonds. The van der Waals surface area contributed by atoms with E-state index in [0.717, 1.165) is 18.7 Å². The smallest absolute Gasteiger partial charge is 0.423 e. The largest absolute Gasteiger partial charge is 0.488 e. The van der Waals surface area contributed by atoms with E-state index in [0.29, 0.717) is 18.6 Å². The number of rotatable bonds is 3. The van der Waals surface area contributed by atoms with Crippen LogP contribution in [0.1, 0.15) is 5.56 Å². The van der Waals surface area contributed by atoms with Crippen molar-refractivity contribution < 1.29 is 14.8 Å². The van der Waals surface area contributed by atoms with E-state index in [1.54, 1.807) is 12.1 Å². The van der Waals surface area contributed by atoms with Gasteiger partial charge >= 0.3 is 7.12 Å². The van der Waals surface area contributed by atoms with E-state index in [4.69, 9.17) is 4.74 Å². The standard InChI is InChI=1S/C11H16BNO3S/c14-12(15)10-4-2-1-3-9(10)7-13-5-6-16-11(17)8-13/h1-4,11,14-15,17H,5-8H2/t11-/m0/s1. The Labute approximate surface area is 107 Å². The minimum atomic E-state index is -1.42. The average molecular weight is 253 g/mol. The van der Waals surface area contributed by atoms with Crippen molar-refractivity contribution in [1.29, 1.82) is 0 Å². The van der Waals surface area contributed by atoms with Gasteiger partial charge in [-0.3, -0.25) is 4.90 Å². The van der Waals surface area contributed by atoms with Gasteiger partial charge in [0, 0.05) is 19.6 Å². The summed E-state index contributed by atoms with van der Waals surface area (Å²) in [5.41, 5.74) is 1.44. The summed E-state index contributed by atoms with van der Waals surface area (Å²) in [6.45, 7) is 2.94. The number of morpholine rings is 1. The van der Waals surface area contributed by atoms with Gasteiger partial charge in [-0.1, -0.05) is 24.3 Å². The fourth-order valence-electron chi connectivity index (χ4n) is 2.00. The van der Waals surface area contributed by atoms with Crippen LogP contribution in [-0.2, 0) is 11.3 Å². The second kappa shape index (κ2) is 5.88. The Balaban J connectivity index is 2.07. The number of benzene rings is 1. The summed E-state index contributed by atoms with van der Waals surface area (Å²) in [5, 5.41) is 18.6. The van der Waals surface area contributed by atoms with Crippen LogP contribution in [0.25, 0.3) is 0 Å². The monoisotopic (exact) mass is 253 g/mol. The van der Waals surface area contributed by atoms with Crippen molar-refractivity contribution in [1.82, 2.24) is 4.90 Å².